The standard InChI is InChI=1S/C57H59Cl2F3N6O6/c1-55(2,3)74-54(71)65-26-22-56(23-27-65,64-53(70)72-35-48-43-12-6-4-10-41(43)42-11-5-7-13-44(42)48)52(69)63-24-9-25-66-33-46(37-17-19-40(20-18-37)73-57(60,61)62)45-28-36(16-21-51(45)66)30-67-31-39-29-38(67)32-68(39)34-47-49(58)14-8-15-50(47)59/h4-8,10-21,28,33,38-39,48H,9,22-27,29-32,34-35H2,1-3H3,(H,63,69)(H,64,70). The maximum absolute atomic E-state index is 14.4. The van der Waals surface area contributed by atoms with Crippen LogP contribution in [0, 0.1) is 0 Å². The number of rotatable bonds is 14. The van der Waals surface area contributed by atoms with Crippen LogP contribution >= 0.6 is 23.2 Å². The van der Waals surface area contributed by atoms with Crippen molar-refractivity contribution in [3.63, 3.8) is 0 Å². The highest BCUT2D eigenvalue weighted by Crippen LogP contribution is 2.45. The van der Waals surface area contributed by atoms with Crippen LogP contribution in [0.5, 0.6) is 5.75 Å². The van der Waals surface area contributed by atoms with Crippen LogP contribution in [0.15, 0.2) is 115 Å². The van der Waals surface area contributed by atoms with Crippen molar-refractivity contribution in [2.24, 2.45) is 0 Å². The SMILES string of the molecule is CC(C)(C)OC(=O)N1CCC(NC(=O)OCC2c3ccccc3-c3ccccc32)(C(=O)NCCCn2cc(-c3ccc(OC(F)(F)F)cc3)c3cc(CN4CC5CC4CN5Cc4c(Cl)cccc4Cl)ccc32)CC1. The molecule has 3 aliphatic heterocycles. The molecule has 0 spiro atoms. The normalized spacial score (nSPS) is 18.6. The maximum Gasteiger partial charge on any atom is 0.573 e. The van der Waals surface area contributed by atoms with Gasteiger partial charge in [-0.3, -0.25) is 14.6 Å². The molecule has 2 atom stereocenters. The minimum atomic E-state index is -4.82. The maximum atomic E-state index is 14.4. The summed E-state index contributed by atoms with van der Waals surface area (Å²) >= 11 is 13.1. The van der Waals surface area contributed by atoms with Crippen LogP contribution in [-0.4, -0.2) is 106 Å². The third-order valence-electron chi connectivity index (χ3n) is 14.9. The lowest BCUT2D eigenvalue weighted by Crippen LogP contribution is -2.64. The van der Waals surface area contributed by atoms with E-state index in [1.54, 1.807) is 37.8 Å². The first-order valence-corrected chi connectivity index (χ1v) is 25.9. The summed E-state index contributed by atoms with van der Waals surface area (Å²) in [6.07, 6.45) is -2.21. The number of benzene rings is 5. The van der Waals surface area contributed by atoms with Crippen molar-refractivity contribution in [3.8, 4) is 28.0 Å². The van der Waals surface area contributed by atoms with Gasteiger partial charge in [0, 0.05) is 109 Å². The van der Waals surface area contributed by atoms with E-state index in [0.717, 1.165) is 81.5 Å². The fraction of sp³-hybridized carbons (Fsp3) is 0.386. The predicted octanol–water partition coefficient (Wildman–Crippen LogP) is 11.8. The number of hydrogen-bond acceptors (Lipinski definition) is 8. The molecule has 74 heavy (non-hydrogen) atoms. The summed E-state index contributed by atoms with van der Waals surface area (Å²) in [5.74, 6) is -0.867. The van der Waals surface area contributed by atoms with Crippen LogP contribution in [-0.2, 0) is 33.9 Å². The Bertz CT molecular complexity index is 3000. The van der Waals surface area contributed by atoms with Crippen molar-refractivity contribution in [1.29, 1.82) is 0 Å². The summed E-state index contributed by atoms with van der Waals surface area (Å²) in [4.78, 5) is 47.8. The largest absolute Gasteiger partial charge is 0.573 e. The fourth-order valence-electron chi connectivity index (χ4n) is 11.3. The monoisotopic (exact) mass is 1050 g/mol. The second-order valence-corrected chi connectivity index (χ2v) is 21.7. The number of piperidine rings is 1. The number of alkyl halides is 3. The Kier molecular flexibility index (Phi) is 14.4. The van der Waals surface area contributed by atoms with E-state index in [2.05, 4.69) is 60.1 Å². The van der Waals surface area contributed by atoms with Crippen LogP contribution in [0.2, 0.25) is 10.0 Å². The minimum Gasteiger partial charge on any atom is -0.449 e. The minimum absolute atomic E-state index is 0.0701. The van der Waals surface area contributed by atoms with E-state index in [0.29, 0.717) is 41.6 Å². The van der Waals surface area contributed by atoms with Crippen LogP contribution < -0.4 is 15.4 Å². The molecule has 4 aliphatic rings. The number of nitrogens with zero attached hydrogens (tertiary/aromatic N) is 4. The zero-order chi connectivity index (χ0) is 51.9. The van der Waals surface area contributed by atoms with Gasteiger partial charge in [-0.2, -0.15) is 0 Å². The van der Waals surface area contributed by atoms with Crippen LogP contribution in [0.4, 0.5) is 22.8 Å². The number of likely N-dealkylation sites (tertiary alicyclic amines) is 3. The van der Waals surface area contributed by atoms with Crippen LogP contribution in [0.1, 0.15) is 74.6 Å². The van der Waals surface area contributed by atoms with Gasteiger partial charge in [-0.15, -0.1) is 13.2 Å². The van der Waals surface area contributed by atoms with Crippen LogP contribution in [0.3, 0.4) is 0 Å². The first-order valence-electron chi connectivity index (χ1n) is 25.2. The predicted molar refractivity (Wildman–Crippen MR) is 279 cm³/mol. The number of fused-ring (bicyclic) bond motifs is 6. The number of nitrogens with one attached hydrogen (secondary N) is 2. The second-order valence-electron chi connectivity index (χ2n) is 20.9. The molecule has 12 nitrogen and oxygen atoms in total. The van der Waals surface area contributed by atoms with Gasteiger partial charge in [0.2, 0.25) is 5.91 Å². The molecular formula is C57H59Cl2F3N6O6. The molecule has 2 bridgehead atoms. The van der Waals surface area contributed by atoms with Gasteiger partial charge in [0.05, 0.1) is 0 Å². The van der Waals surface area contributed by atoms with Gasteiger partial charge in [0.25, 0.3) is 0 Å². The third kappa shape index (κ3) is 11.1. The van der Waals surface area contributed by atoms with Crippen molar-refractivity contribution in [2.45, 2.75) is 102 Å². The number of carbonyl (C=O) groups is 3. The average molecular weight is 1050 g/mol. The summed E-state index contributed by atoms with van der Waals surface area (Å²) in [5.41, 5.74) is 6.80. The molecule has 1 aromatic heterocycles. The van der Waals surface area contributed by atoms with Crippen molar-refractivity contribution in [2.75, 3.05) is 39.3 Å². The molecule has 388 valence electrons. The lowest BCUT2D eigenvalue weighted by atomic mass is 9.86. The molecule has 0 radical (unpaired) electrons. The van der Waals surface area contributed by atoms with Gasteiger partial charge >= 0.3 is 18.5 Å². The molecule has 3 fully saturated rings. The molecule has 4 heterocycles. The number of aryl methyl sites for hydroxylation is 1. The third-order valence-corrected chi connectivity index (χ3v) is 15.6. The summed E-state index contributed by atoms with van der Waals surface area (Å²) in [6, 6.07) is 34.7. The van der Waals surface area contributed by atoms with Gasteiger partial charge in [-0.05, 0) is 116 Å². The molecule has 2 N–H and O–H groups in total. The zero-order valence-electron chi connectivity index (χ0n) is 41.5. The average Bonchev–Trinajstić information content (AvgIpc) is 4.13. The Morgan fingerprint density at radius 1 is 0.770 bits per heavy atom. The van der Waals surface area contributed by atoms with Crippen molar-refractivity contribution < 1.29 is 41.8 Å². The fourth-order valence-corrected chi connectivity index (χ4v) is 11.8. The smallest absolute Gasteiger partial charge is 0.449 e. The quantitative estimate of drug-likeness (QED) is 0.104. The molecule has 0 saturated carbocycles. The second kappa shape index (κ2) is 20.8. The van der Waals surface area contributed by atoms with Gasteiger partial charge in [-0.1, -0.05) is 96.0 Å². The molecule has 10 rings (SSSR count). The number of aromatic nitrogens is 1. The summed E-state index contributed by atoms with van der Waals surface area (Å²) in [6.45, 7) is 9.77. The van der Waals surface area contributed by atoms with Crippen molar-refractivity contribution >= 4 is 52.2 Å². The lowest BCUT2D eigenvalue weighted by molar-refractivity contribution is -0.274. The molecule has 6 aromatic rings. The molecule has 2 unspecified atom stereocenters. The van der Waals surface area contributed by atoms with Crippen molar-refractivity contribution in [3.05, 3.63) is 148 Å². The van der Waals surface area contributed by atoms with Gasteiger partial charge in [-0.25, -0.2) is 9.59 Å². The first kappa shape index (κ1) is 51.2. The summed E-state index contributed by atoms with van der Waals surface area (Å²) in [7, 11) is 0. The molecule has 17 heteroatoms. The first-order chi connectivity index (χ1) is 35.4. The molecule has 3 amide bonds. The Morgan fingerprint density at radius 3 is 2.03 bits per heavy atom. The number of hydrogen-bond donors (Lipinski definition) is 2. The molecule has 3 saturated heterocycles. The van der Waals surface area contributed by atoms with Crippen molar-refractivity contribution in [1.82, 2.24) is 29.9 Å². The van der Waals surface area contributed by atoms with E-state index < -0.39 is 29.7 Å². The van der Waals surface area contributed by atoms with E-state index in [9.17, 15) is 27.6 Å². The molecule has 1 aliphatic carbocycles. The topological polar surface area (TPSA) is 118 Å². The Morgan fingerprint density at radius 2 is 1.41 bits per heavy atom. The number of alkyl carbamates (subject to hydrolysis) is 1. The number of piperazine rings is 1. The van der Waals surface area contributed by atoms with E-state index >= 15 is 0 Å². The Balaban J connectivity index is 0.827. The highest BCUT2D eigenvalue weighted by molar-refractivity contribution is 6.36. The van der Waals surface area contributed by atoms with Gasteiger partial charge < -0.3 is 34.3 Å². The molecular weight excluding hydrogens is 993 g/mol. The van der Waals surface area contributed by atoms with E-state index in [1.807, 2.05) is 60.8 Å². The highest BCUT2D eigenvalue weighted by atomic mass is 35.5. The van der Waals surface area contributed by atoms with E-state index in [4.69, 9.17) is 32.7 Å². The van der Waals surface area contributed by atoms with E-state index in [-0.39, 0.29) is 56.7 Å². The summed E-state index contributed by atoms with van der Waals surface area (Å²) in [5, 5.41) is 8.31. The summed E-state index contributed by atoms with van der Waals surface area (Å²) < 4.78 is 57.2. The number of carbonyl (C=O) groups excluding carboxylic acids is 3. The lowest BCUT2D eigenvalue weighted by Gasteiger charge is -2.41. The Labute approximate surface area is 438 Å². The number of amides is 3. The molecule has 5 aromatic carbocycles. The number of ether oxygens (including phenoxy) is 3. The zero-order valence-corrected chi connectivity index (χ0v) is 43.0. The van der Waals surface area contributed by atoms with Gasteiger partial charge in [0.1, 0.15) is 23.5 Å². The highest BCUT2D eigenvalue weighted by Gasteiger charge is 2.46. The van der Waals surface area contributed by atoms with Gasteiger partial charge in [0.15, 0.2) is 0 Å². The number of halogens is 5. The Hall–Kier alpha value is -6.26. The van der Waals surface area contributed by atoms with Crippen LogP contribution in [0.25, 0.3) is 33.2 Å². The van der Waals surface area contributed by atoms with E-state index in [1.165, 1.54) is 12.1 Å².